The van der Waals surface area contributed by atoms with Gasteiger partial charge in [0.05, 0.1) is 0 Å². The van der Waals surface area contributed by atoms with E-state index in [2.05, 4.69) is 28.6 Å². The first kappa shape index (κ1) is 8.62. The Kier molecular flexibility index (Phi) is 2.00. The lowest BCUT2D eigenvalue weighted by molar-refractivity contribution is 1.33. The Morgan fingerprint density at radius 1 is 1.20 bits per heavy atom. The van der Waals surface area contributed by atoms with E-state index in [0.717, 1.165) is 0 Å². The second-order valence-corrected chi connectivity index (χ2v) is 4.18. The molecule has 1 aromatic carbocycles. The molecule has 0 aliphatic rings. The minimum Gasteiger partial charge on any atom is -0.264 e. The summed E-state index contributed by atoms with van der Waals surface area (Å²) in [6.07, 6.45) is 3.69. The molecule has 2 aromatic heterocycles. The van der Waals surface area contributed by atoms with Crippen LogP contribution in [0.3, 0.4) is 0 Å². The van der Waals surface area contributed by atoms with Gasteiger partial charge in [0.1, 0.15) is 0 Å². The molecule has 0 saturated carbocycles. The molecule has 0 aliphatic carbocycles. The van der Waals surface area contributed by atoms with E-state index in [0.29, 0.717) is 0 Å². The van der Waals surface area contributed by atoms with Gasteiger partial charge in [-0.25, -0.2) is 0 Å². The Morgan fingerprint density at radius 2 is 2.20 bits per heavy atom. The van der Waals surface area contributed by atoms with Gasteiger partial charge >= 0.3 is 0 Å². The van der Waals surface area contributed by atoms with Crippen molar-refractivity contribution >= 4 is 21.4 Å². The van der Waals surface area contributed by atoms with Crippen LogP contribution in [0.25, 0.3) is 21.2 Å². The number of rotatable bonds is 1. The van der Waals surface area contributed by atoms with E-state index in [-0.39, 0.29) is 0 Å². The van der Waals surface area contributed by atoms with Crippen LogP contribution in [0.15, 0.2) is 48.1 Å². The Bertz CT molecular complexity index is 584. The largest absolute Gasteiger partial charge is 0.264 e. The Balaban J connectivity index is 2.28. The molecular formula is C13H8NS. The van der Waals surface area contributed by atoms with Gasteiger partial charge in [0, 0.05) is 39.7 Å². The number of nitrogens with zero attached hydrogens (tertiary/aromatic N) is 1. The van der Waals surface area contributed by atoms with E-state index in [9.17, 15) is 0 Å². The lowest BCUT2D eigenvalue weighted by atomic mass is 10.1. The van der Waals surface area contributed by atoms with Gasteiger partial charge in [-0.05, 0) is 11.4 Å². The molecule has 0 atom stereocenters. The first-order valence-electron chi connectivity index (χ1n) is 4.73. The van der Waals surface area contributed by atoms with Gasteiger partial charge in [0.15, 0.2) is 0 Å². The average molecular weight is 210 g/mol. The third kappa shape index (κ3) is 1.43. The molecule has 2 heterocycles. The topological polar surface area (TPSA) is 12.9 Å². The fraction of sp³-hybridized carbons (Fsp3) is 0. The van der Waals surface area contributed by atoms with Crippen LogP contribution in [0.5, 0.6) is 0 Å². The van der Waals surface area contributed by atoms with Crippen molar-refractivity contribution in [3.8, 4) is 11.1 Å². The summed E-state index contributed by atoms with van der Waals surface area (Å²) in [5.41, 5.74) is 2.42. The van der Waals surface area contributed by atoms with Crippen molar-refractivity contribution in [1.29, 1.82) is 0 Å². The van der Waals surface area contributed by atoms with Crippen LogP contribution in [-0.4, -0.2) is 4.98 Å². The van der Waals surface area contributed by atoms with Crippen LogP contribution in [0.4, 0.5) is 0 Å². The number of hydrogen-bond donors (Lipinski definition) is 0. The number of fused-ring (bicyclic) bond motifs is 1. The highest BCUT2D eigenvalue weighted by molar-refractivity contribution is 7.17. The van der Waals surface area contributed by atoms with E-state index < -0.39 is 0 Å². The summed E-state index contributed by atoms with van der Waals surface area (Å²) in [6, 6.07) is 13.4. The summed E-state index contributed by atoms with van der Waals surface area (Å²) in [4.78, 5) is 4.14. The van der Waals surface area contributed by atoms with Crippen molar-refractivity contribution in [2.24, 2.45) is 0 Å². The molecular weight excluding hydrogens is 202 g/mol. The maximum absolute atomic E-state index is 4.14. The zero-order chi connectivity index (χ0) is 10.1. The normalized spacial score (nSPS) is 10.7. The predicted molar refractivity (Wildman–Crippen MR) is 63.9 cm³/mol. The molecule has 2 heteroatoms. The monoisotopic (exact) mass is 210 g/mol. The minimum absolute atomic E-state index is 1.17. The summed E-state index contributed by atoms with van der Waals surface area (Å²) >= 11 is 1.73. The van der Waals surface area contributed by atoms with Crippen LogP contribution in [0.2, 0.25) is 0 Å². The number of hydrogen-bond acceptors (Lipinski definition) is 2. The number of benzene rings is 1. The van der Waals surface area contributed by atoms with Crippen LogP contribution in [0, 0.1) is 6.07 Å². The van der Waals surface area contributed by atoms with Crippen molar-refractivity contribution in [3.63, 3.8) is 0 Å². The van der Waals surface area contributed by atoms with E-state index >= 15 is 0 Å². The highest BCUT2D eigenvalue weighted by Crippen LogP contribution is 2.32. The maximum Gasteiger partial charge on any atom is 0.0428 e. The second kappa shape index (κ2) is 3.48. The molecule has 0 bridgehead atoms. The molecule has 0 N–H and O–H groups in total. The van der Waals surface area contributed by atoms with E-state index in [1.807, 2.05) is 24.4 Å². The smallest absolute Gasteiger partial charge is 0.0428 e. The molecule has 1 radical (unpaired) electrons. The molecule has 15 heavy (non-hydrogen) atoms. The quantitative estimate of drug-likeness (QED) is 0.596. The fourth-order valence-electron chi connectivity index (χ4n) is 1.66. The van der Waals surface area contributed by atoms with Crippen LogP contribution in [-0.2, 0) is 0 Å². The van der Waals surface area contributed by atoms with Crippen molar-refractivity contribution in [1.82, 2.24) is 4.98 Å². The van der Waals surface area contributed by atoms with E-state index in [1.54, 1.807) is 17.5 Å². The predicted octanol–water partition coefficient (Wildman–Crippen LogP) is 3.76. The molecule has 3 aromatic rings. The van der Waals surface area contributed by atoms with Crippen LogP contribution in [0.1, 0.15) is 0 Å². The van der Waals surface area contributed by atoms with Crippen molar-refractivity contribution in [2.75, 3.05) is 0 Å². The lowest BCUT2D eigenvalue weighted by Gasteiger charge is -1.97. The van der Waals surface area contributed by atoms with Gasteiger partial charge in [-0.1, -0.05) is 24.3 Å². The van der Waals surface area contributed by atoms with Crippen LogP contribution >= 0.6 is 11.3 Å². The molecule has 0 fully saturated rings. The third-order valence-corrected chi connectivity index (χ3v) is 3.30. The van der Waals surface area contributed by atoms with E-state index in [1.165, 1.54) is 21.2 Å². The highest BCUT2D eigenvalue weighted by Gasteiger charge is 2.04. The first-order chi connectivity index (χ1) is 7.45. The van der Waals surface area contributed by atoms with E-state index in [4.69, 9.17) is 0 Å². The number of pyridine rings is 1. The highest BCUT2D eigenvalue weighted by atomic mass is 32.1. The summed E-state index contributed by atoms with van der Waals surface area (Å²) < 4.78 is 1.20. The Hall–Kier alpha value is -1.67. The van der Waals surface area contributed by atoms with Gasteiger partial charge in [0.2, 0.25) is 0 Å². The molecule has 3 rings (SSSR count). The molecule has 0 amide bonds. The Labute approximate surface area is 92.0 Å². The van der Waals surface area contributed by atoms with Crippen molar-refractivity contribution in [2.45, 2.75) is 0 Å². The number of aromatic nitrogens is 1. The summed E-state index contributed by atoms with van der Waals surface area (Å²) in [7, 11) is 0. The molecule has 0 spiro atoms. The SMILES string of the molecule is [c]1cccc2c(-c3cccnc3)csc12. The molecule has 1 nitrogen and oxygen atoms in total. The maximum atomic E-state index is 4.14. The molecule has 0 unspecified atom stereocenters. The molecule has 71 valence electrons. The third-order valence-electron chi connectivity index (χ3n) is 2.38. The lowest BCUT2D eigenvalue weighted by Crippen LogP contribution is -1.76. The number of thiophene rings is 1. The summed E-state index contributed by atoms with van der Waals surface area (Å²) in [6.45, 7) is 0. The van der Waals surface area contributed by atoms with Crippen LogP contribution < -0.4 is 0 Å². The average Bonchev–Trinajstić information content (AvgIpc) is 2.74. The minimum atomic E-state index is 1.17. The zero-order valence-corrected chi connectivity index (χ0v) is 8.79. The van der Waals surface area contributed by atoms with Gasteiger partial charge in [-0.3, -0.25) is 4.98 Å². The van der Waals surface area contributed by atoms with Crippen molar-refractivity contribution in [3.05, 3.63) is 54.2 Å². The first-order valence-corrected chi connectivity index (χ1v) is 5.61. The van der Waals surface area contributed by atoms with Gasteiger partial charge in [0.25, 0.3) is 0 Å². The standard InChI is InChI=1S/C13H8NS/c1-2-6-13-11(5-1)12(9-15-13)10-4-3-7-14-8-10/h1-5,7-9H. The fourth-order valence-corrected chi connectivity index (χ4v) is 2.60. The summed E-state index contributed by atoms with van der Waals surface area (Å²) in [5, 5.41) is 3.42. The van der Waals surface area contributed by atoms with Gasteiger partial charge in [-0.15, -0.1) is 11.3 Å². The van der Waals surface area contributed by atoms with Crippen molar-refractivity contribution < 1.29 is 0 Å². The Morgan fingerprint density at radius 3 is 3.07 bits per heavy atom. The zero-order valence-electron chi connectivity index (χ0n) is 7.97. The van der Waals surface area contributed by atoms with Gasteiger partial charge in [-0.2, -0.15) is 0 Å². The molecule has 0 saturated heterocycles. The van der Waals surface area contributed by atoms with Gasteiger partial charge < -0.3 is 0 Å². The molecule has 0 aliphatic heterocycles. The summed E-state index contributed by atoms with van der Waals surface area (Å²) in [5.74, 6) is 0. The second-order valence-electron chi connectivity index (χ2n) is 3.30.